The predicted molar refractivity (Wildman–Crippen MR) is 121 cm³/mol. The molecular formula is C24H24F2N4O4. The molecule has 3 rings (SSSR count). The van der Waals surface area contributed by atoms with Gasteiger partial charge in [-0.15, -0.1) is 0 Å². The molecule has 8 nitrogen and oxygen atoms in total. The fourth-order valence-corrected chi connectivity index (χ4v) is 3.28. The van der Waals surface area contributed by atoms with Crippen molar-refractivity contribution in [3.63, 3.8) is 0 Å². The van der Waals surface area contributed by atoms with E-state index in [2.05, 4.69) is 10.3 Å². The maximum Gasteiger partial charge on any atom is 0.248 e. The number of halogens is 2. The molecule has 0 bridgehead atoms. The lowest BCUT2D eigenvalue weighted by Gasteiger charge is -2.20. The number of aryl methyl sites for hydroxylation is 1. The summed E-state index contributed by atoms with van der Waals surface area (Å²) in [6.07, 6.45) is 1.50. The molecule has 0 spiro atoms. The first-order chi connectivity index (χ1) is 16.3. The fraction of sp³-hybridized carbons (Fsp3) is 0.250. The molecular weight excluding hydrogens is 446 g/mol. The molecule has 0 saturated heterocycles. The first-order valence-electron chi connectivity index (χ1n) is 10.6. The summed E-state index contributed by atoms with van der Waals surface area (Å²) in [6, 6.07) is 9.65. The lowest BCUT2D eigenvalue weighted by Crippen LogP contribution is -2.33. The normalized spacial score (nSPS) is 10.7. The van der Waals surface area contributed by atoms with E-state index in [-0.39, 0.29) is 54.8 Å². The quantitative estimate of drug-likeness (QED) is 0.470. The molecule has 0 saturated carbocycles. The number of anilines is 1. The van der Waals surface area contributed by atoms with Gasteiger partial charge in [-0.25, -0.2) is 13.8 Å². The summed E-state index contributed by atoms with van der Waals surface area (Å²) in [6.45, 7) is 2.40. The van der Waals surface area contributed by atoms with Crippen LogP contribution in [0.3, 0.4) is 0 Å². The van der Waals surface area contributed by atoms with Crippen molar-refractivity contribution < 1.29 is 27.6 Å². The number of rotatable bonds is 10. The van der Waals surface area contributed by atoms with Crippen LogP contribution in [-0.4, -0.2) is 40.7 Å². The molecule has 0 unspecified atom stereocenters. The Kier molecular flexibility index (Phi) is 8.07. The van der Waals surface area contributed by atoms with Gasteiger partial charge in [-0.3, -0.25) is 14.4 Å². The summed E-state index contributed by atoms with van der Waals surface area (Å²) < 4.78 is 33.2. The number of carbonyl (C=O) groups excluding carboxylic acids is 3. The Balaban J connectivity index is 1.50. The van der Waals surface area contributed by atoms with E-state index in [0.29, 0.717) is 17.8 Å². The molecule has 2 aromatic carbocycles. The van der Waals surface area contributed by atoms with Crippen LogP contribution in [-0.2, 0) is 16.0 Å². The van der Waals surface area contributed by atoms with Crippen LogP contribution in [0, 0.1) is 11.6 Å². The van der Waals surface area contributed by atoms with Gasteiger partial charge in [0, 0.05) is 43.6 Å². The number of carbonyl (C=O) groups is 3. The number of benzene rings is 2. The fourth-order valence-electron chi connectivity index (χ4n) is 3.28. The maximum atomic E-state index is 13.9. The molecule has 0 aliphatic rings. The first kappa shape index (κ1) is 24.6. The van der Waals surface area contributed by atoms with Crippen molar-refractivity contribution in [3.8, 4) is 11.3 Å². The Morgan fingerprint density at radius 3 is 2.35 bits per heavy atom. The Bertz CT molecular complexity index is 1160. The van der Waals surface area contributed by atoms with Crippen molar-refractivity contribution in [2.45, 2.75) is 26.2 Å². The minimum atomic E-state index is -0.766. The minimum absolute atomic E-state index is 0.0501. The third kappa shape index (κ3) is 6.25. The van der Waals surface area contributed by atoms with E-state index in [1.165, 1.54) is 29.3 Å². The van der Waals surface area contributed by atoms with Crippen molar-refractivity contribution in [1.82, 2.24) is 9.88 Å². The van der Waals surface area contributed by atoms with E-state index in [9.17, 15) is 23.2 Å². The number of nitrogens with zero attached hydrogens (tertiary/aromatic N) is 2. The number of hydrogen-bond donors (Lipinski definition) is 2. The zero-order chi connectivity index (χ0) is 24.7. The average molecular weight is 470 g/mol. The van der Waals surface area contributed by atoms with Crippen LogP contribution in [0.2, 0.25) is 0 Å². The second-order valence-corrected chi connectivity index (χ2v) is 7.43. The van der Waals surface area contributed by atoms with Crippen molar-refractivity contribution >= 4 is 23.4 Å². The Morgan fingerprint density at radius 2 is 1.74 bits per heavy atom. The van der Waals surface area contributed by atoms with Gasteiger partial charge in [-0.05, 0) is 43.3 Å². The molecule has 178 valence electrons. The smallest absolute Gasteiger partial charge is 0.248 e. The zero-order valence-electron chi connectivity index (χ0n) is 18.5. The first-order valence-corrected chi connectivity index (χ1v) is 10.6. The van der Waals surface area contributed by atoms with Crippen molar-refractivity contribution in [1.29, 1.82) is 0 Å². The van der Waals surface area contributed by atoms with E-state index in [1.54, 1.807) is 19.1 Å². The summed E-state index contributed by atoms with van der Waals surface area (Å²) in [7, 11) is 0. The lowest BCUT2D eigenvalue weighted by molar-refractivity contribution is -0.131. The van der Waals surface area contributed by atoms with Gasteiger partial charge < -0.3 is 20.4 Å². The van der Waals surface area contributed by atoms with Crippen LogP contribution in [0.5, 0.6) is 0 Å². The molecule has 0 atom stereocenters. The van der Waals surface area contributed by atoms with Crippen molar-refractivity contribution in [2.75, 3.05) is 18.4 Å². The molecule has 0 fully saturated rings. The molecule has 0 aliphatic heterocycles. The summed E-state index contributed by atoms with van der Waals surface area (Å²) in [5.74, 6) is -2.46. The van der Waals surface area contributed by atoms with E-state index < -0.39 is 17.5 Å². The summed E-state index contributed by atoms with van der Waals surface area (Å²) >= 11 is 0. The van der Waals surface area contributed by atoms with Crippen LogP contribution in [0.25, 0.3) is 11.3 Å². The highest BCUT2D eigenvalue weighted by Crippen LogP contribution is 2.26. The number of nitrogens with two attached hydrogens (primary N) is 1. The number of amides is 3. The van der Waals surface area contributed by atoms with Gasteiger partial charge in [0.2, 0.25) is 17.7 Å². The molecule has 0 radical (unpaired) electrons. The number of nitrogens with one attached hydrogen (secondary N) is 1. The maximum absolute atomic E-state index is 13.9. The minimum Gasteiger partial charge on any atom is -0.441 e. The Morgan fingerprint density at radius 1 is 1.06 bits per heavy atom. The van der Waals surface area contributed by atoms with Crippen LogP contribution >= 0.6 is 0 Å². The SMILES string of the molecule is CCN(CCC(=O)Nc1ccc(C(N)=O)cc1)C(=O)CCc1ncc(-c2c(F)cccc2F)o1. The lowest BCUT2D eigenvalue weighted by atomic mass is 10.1. The zero-order valence-corrected chi connectivity index (χ0v) is 18.5. The van der Waals surface area contributed by atoms with E-state index in [1.807, 2.05) is 0 Å². The molecule has 10 heteroatoms. The number of hydrogen-bond acceptors (Lipinski definition) is 5. The molecule has 3 aromatic rings. The molecule has 1 aromatic heterocycles. The molecule has 34 heavy (non-hydrogen) atoms. The standard InChI is InChI=1S/C24H24F2N4O4/c1-2-30(13-12-20(31)29-16-8-6-15(7-9-16)24(27)33)22(32)11-10-21-28-14-19(34-21)23-17(25)4-3-5-18(23)26/h3-9,14H,2,10-13H2,1H3,(H2,27,33)(H,29,31). The van der Waals surface area contributed by atoms with Gasteiger partial charge in [-0.2, -0.15) is 0 Å². The third-order valence-electron chi connectivity index (χ3n) is 5.11. The van der Waals surface area contributed by atoms with E-state index >= 15 is 0 Å². The highest BCUT2D eigenvalue weighted by atomic mass is 19.1. The number of oxazole rings is 1. The monoisotopic (exact) mass is 470 g/mol. The van der Waals surface area contributed by atoms with Crippen molar-refractivity contribution in [2.24, 2.45) is 5.73 Å². The molecule has 1 heterocycles. The summed E-state index contributed by atoms with van der Waals surface area (Å²) in [5.41, 5.74) is 5.72. The predicted octanol–water partition coefficient (Wildman–Crippen LogP) is 3.53. The average Bonchev–Trinajstić information content (AvgIpc) is 3.27. The Hall–Kier alpha value is -4.08. The summed E-state index contributed by atoms with van der Waals surface area (Å²) in [4.78, 5) is 41.4. The second-order valence-electron chi connectivity index (χ2n) is 7.43. The topological polar surface area (TPSA) is 119 Å². The highest BCUT2D eigenvalue weighted by molar-refractivity contribution is 5.94. The van der Waals surface area contributed by atoms with Gasteiger partial charge in [0.1, 0.15) is 11.6 Å². The molecule has 3 N–H and O–H groups in total. The van der Waals surface area contributed by atoms with E-state index in [4.69, 9.17) is 10.2 Å². The van der Waals surface area contributed by atoms with Crippen LogP contribution < -0.4 is 11.1 Å². The molecule has 3 amide bonds. The second kappa shape index (κ2) is 11.2. The van der Waals surface area contributed by atoms with Gasteiger partial charge in [0.15, 0.2) is 11.7 Å². The largest absolute Gasteiger partial charge is 0.441 e. The van der Waals surface area contributed by atoms with Gasteiger partial charge in [-0.1, -0.05) is 6.07 Å². The van der Waals surface area contributed by atoms with Gasteiger partial charge >= 0.3 is 0 Å². The van der Waals surface area contributed by atoms with Crippen molar-refractivity contribution in [3.05, 3.63) is 71.8 Å². The molecule has 0 aliphatic carbocycles. The van der Waals surface area contributed by atoms with Gasteiger partial charge in [0.05, 0.1) is 11.8 Å². The van der Waals surface area contributed by atoms with Gasteiger partial charge in [0.25, 0.3) is 0 Å². The van der Waals surface area contributed by atoms with Crippen LogP contribution in [0.15, 0.2) is 53.1 Å². The Labute approximate surface area is 194 Å². The van der Waals surface area contributed by atoms with Crippen LogP contribution in [0.4, 0.5) is 14.5 Å². The van der Waals surface area contributed by atoms with E-state index in [0.717, 1.165) is 12.1 Å². The number of primary amides is 1. The number of aromatic nitrogens is 1. The van der Waals surface area contributed by atoms with Crippen LogP contribution in [0.1, 0.15) is 36.0 Å². The highest BCUT2D eigenvalue weighted by Gasteiger charge is 2.18. The third-order valence-corrected chi connectivity index (χ3v) is 5.11. The summed E-state index contributed by atoms with van der Waals surface area (Å²) in [5, 5.41) is 2.70.